The van der Waals surface area contributed by atoms with Crippen molar-refractivity contribution in [2.24, 2.45) is 5.41 Å². The Labute approximate surface area is 126 Å². The standard InChI is InChI=1S/C17H26N2S/c1-16(2)9-4-10-17(11-16,19-12-7-8-12)15-18-13-5-3-6-14(13)20-15/h12,19H,3-11H2,1-2H3. The zero-order valence-corrected chi connectivity index (χ0v) is 13.6. The molecule has 0 radical (unpaired) electrons. The van der Waals surface area contributed by atoms with Gasteiger partial charge in [0.1, 0.15) is 5.01 Å². The number of thiazole rings is 1. The van der Waals surface area contributed by atoms with Crippen LogP contribution in [0.15, 0.2) is 0 Å². The van der Waals surface area contributed by atoms with Gasteiger partial charge in [-0.25, -0.2) is 4.98 Å². The monoisotopic (exact) mass is 290 g/mol. The highest BCUT2D eigenvalue weighted by molar-refractivity contribution is 7.12. The van der Waals surface area contributed by atoms with Crippen molar-refractivity contribution in [3.8, 4) is 0 Å². The molecule has 20 heavy (non-hydrogen) atoms. The molecule has 0 aromatic carbocycles. The normalized spacial score (nSPS) is 32.3. The van der Waals surface area contributed by atoms with Crippen molar-refractivity contribution in [3.05, 3.63) is 15.6 Å². The van der Waals surface area contributed by atoms with E-state index >= 15 is 0 Å². The van der Waals surface area contributed by atoms with Crippen molar-refractivity contribution in [2.75, 3.05) is 0 Å². The number of hydrogen-bond donors (Lipinski definition) is 1. The summed E-state index contributed by atoms with van der Waals surface area (Å²) in [5.41, 5.74) is 2.07. The van der Waals surface area contributed by atoms with E-state index in [2.05, 4.69) is 19.2 Å². The topological polar surface area (TPSA) is 24.9 Å². The van der Waals surface area contributed by atoms with Gasteiger partial charge in [0, 0.05) is 10.9 Å². The van der Waals surface area contributed by atoms with Gasteiger partial charge in [0.25, 0.3) is 0 Å². The highest BCUT2D eigenvalue weighted by Crippen LogP contribution is 2.49. The van der Waals surface area contributed by atoms with Gasteiger partial charge in [0.15, 0.2) is 0 Å². The number of rotatable bonds is 3. The predicted molar refractivity (Wildman–Crippen MR) is 84.2 cm³/mol. The highest BCUT2D eigenvalue weighted by atomic mass is 32.1. The molecule has 2 nitrogen and oxygen atoms in total. The second-order valence-electron chi connectivity index (χ2n) is 7.94. The van der Waals surface area contributed by atoms with Crippen LogP contribution in [0.1, 0.15) is 74.4 Å². The van der Waals surface area contributed by atoms with E-state index in [4.69, 9.17) is 4.98 Å². The van der Waals surface area contributed by atoms with Crippen LogP contribution in [0, 0.1) is 5.41 Å². The van der Waals surface area contributed by atoms with E-state index < -0.39 is 0 Å². The Morgan fingerprint density at radius 2 is 2.00 bits per heavy atom. The van der Waals surface area contributed by atoms with Gasteiger partial charge in [-0.1, -0.05) is 20.3 Å². The maximum atomic E-state index is 5.09. The second-order valence-corrected chi connectivity index (χ2v) is 9.02. The van der Waals surface area contributed by atoms with Crippen molar-refractivity contribution in [1.82, 2.24) is 10.3 Å². The molecule has 1 aromatic heterocycles. The predicted octanol–water partition coefficient (Wildman–Crippen LogP) is 4.18. The molecule has 1 atom stereocenters. The molecule has 2 fully saturated rings. The van der Waals surface area contributed by atoms with Crippen molar-refractivity contribution < 1.29 is 0 Å². The first-order valence-corrected chi connectivity index (χ1v) is 9.15. The molecule has 4 rings (SSSR count). The minimum atomic E-state index is 0.192. The van der Waals surface area contributed by atoms with Gasteiger partial charge in [-0.05, 0) is 56.8 Å². The molecule has 0 bridgehead atoms. The third-order valence-corrected chi connectivity index (χ3v) is 6.66. The summed E-state index contributed by atoms with van der Waals surface area (Å²) in [5, 5.41) is 5.43. The van der Waals surface area contributed by atoms with Crippen LogP contribution in [0.3, 0.4) is 0 Å². The van der Waals surface area contributed by atoms with Gasteiger partial charge < -0.3 is 5.32 Å². The molecule has 110 valence electrons. The van der Waals surface area contributed by atoms with Crippen molar-refractivity contribution in [3.63, 3.8) is 0 Å². The summed E-state index contributed by atoms with van der Waals surface area (Å²) in [4.78, 5) is 6.67. The lowest BCUT2D eigenvalue weighted by molar-refractivity contribution is 0.116. The van der Waals surface area contributed by atoms with Crippen molar-refractivity contribution >= 4 is 11.3 Å². The lowest BCUT2D eigenvalue weighted by Crippen LogP contribution is -2.49. The molecule has 2 saturated carbocycles. The Morgan fingerprint density at radius 1 is 1.15 bits per heavy atom. The van der Waals surface area contributed by atoms with E-state index in [1.54, 1.807) is 4.88 Å². The van der Waals surface area contributed by atoms with E-state index in [1.165, 1.54) is 68.5 Å². The molecule has 1 N–H and O–H groups in total. The number of fused-ring (bicyclic) bond motifs is 1. The van der Waals surface area contributed by atoms with Crippen LogP contribution in [0.25, 0.3) is 0 Å². The van der Waals surface area contributed by atoms with E-state index in [1.807, 2.05) is 11.3 Å². The minimum absolute atomic E-state index is 0.192. The summed E-state index contributed by atoms with van der Waals surface area (Å²) in [6.45, 7) is 4.88. The number of aromatic nitrogens is 1. The van der Waals surface area contributed by atoms with E-state index in [-0.39, 0.29) is 5.54 Å². The summed E-state index contributed by atoms with van der Waals surface area (Å²) in [6.07, 6.45) is 11.8. The fourth-order valence-electron chi connectivity index (χ4n) is 4.24. The van der Waals surface area contributed by atoms with Crippen molar-refractivity contribution in [1.29, 1.82) is 0 Å². The smallest absolute Gasteiger partial charge is 0.113 e. The first-order valence-electron chi connectivity index (χ1n) is 8.33. The van der Waals surface area contributed by atoms with Gasteiger partial charge in [0.2, 0.25) is 0 Å². The second kappa shape index (κ2) is 4.54. The van der Waals surface area contributed by atoms with Crippen LogP contribution in [-0.2, 0) is 18.4 Å². The molecule has 3 heteroatoms. The Bertz CT molecular complexity index is 494. The van der Waals surface area contributed by atoms with Crippen LogP contribution >= 0.6 is 11.3 Å². The Morgan fingerprint density at radius 3 is 2.70 bits per heavy atom. The summed E-state index contributed by atoms with van der Waals surface area (Å²) in [7, 11) is 0. The van der Waals surface area contributed by atoms with Gasteiger partial charge >= 0.3 is 0 Å². The molecule has 0 amide bonds. The highest BCUT2D eigenvalue weighted by Gasteiger charge is 2.46. The molecule has 0 saturated heterocycles. The SMILES string of the molecule is CC1(C)CCCC(NC2CC2)(c2nc3c(s2)CCC3)C1. The minimum Gasteiger partial charge on any atom is -0.303 e. The van der Waals surface area contributed by atoms with Crippen LogP contribution in [0.2, 0.25) is 0 Å². The van der Waals surface area contributed by atoms with E-state index in [0.717, 1.165) is 6.04 Å². The summed E-state index contributed by atoms with van der Waals surface area (Å²) >= 11 is 2.02. The fraction of sp³-hybridized carbons (Fsp3) is 0.824. The van der Waals surface area contributed by atoms with Crippen molar-refractivity contribution in [2.45, 2.75) is 83.2 Å². The summed E-state index contributed by atoms with van der Waals surface area (Å²) in [6, 6.07) is 0.766. The lowest BCUT2D eigenvalue weighted by Gasteiger charge is -2.44. The van der Waals surface area contributed by atoms with Gasteiger partial charge in [-0.15, -0.1) is 11.3 Å². The van der Waals surface area contributed by atoms with Gasteiger partial charge in [-0.3, -0.25) is 0 Å². The first kappa shape index (κ1) is 13.3. The quantitative estimate of drug-likeness (QED) is 0.903. The number of hydrogen-bond acceptors (Lipinski definition) is 3. The maximum Gasteiger partial charge on any atom is 0.113 e. The Hall–Kier alpha value is -0.410. The van der Waals surface area contributed by atoms with Crippen LogP contribution in [-0.4, -0.2) is 11.0 Å². The number of nitrogens with zero attached hydrogens (tertiary/aromatic N) is 1. The molecule has 0 spiro atoms. The van der Waals surface area contributed by atoms with Crippen LogP contribution < -0.4 is 5.32 Å². The summed E-state index contributed by atoms with van der Waals surface area (Å²) in [5.74, 6) is 0. The fourth-order valence-corrected chi connectivity index (χ4v) is 5.57. The lowest BCUT2D eigenvalue weighted by atomic mass is 9.68. The van der Waals surface area contributed by atoms with Crippen LogP contribution in [0.5, 0.6) is 0 Å². The van der Waals surface area contributed by atoms with E-state index in [9.17, 15) is 0 Å². The first-order chi connectivity index (χ1) is 9.56. The average Bonchev–Trinajstić information content (AvgIpc) is 2.90. The van der Waals surface area contributed by atoms with Gasteiger partial charge in [0.05, 0.1) is 11.2 Å². The van der Waals surface area contributed by atoms with E-state index in [0.29, 0.717) is 5.41 Å². The average molecular weight is 290 g/mol. The third kappa shape index (κ3) is 2.33. The van der Waals surface area contributed by atoms with Gasteiger partial charge in [-0.2, -0.15) is 0 Å². The molecular weight excluding hydrogens is 264 g/mol. The Balaban J connectivity index is 1.69. The molecule has 1 unspecified atom stereocenters. The number of nitrogens with one attached hydrogen (secondary N) is 1. The van der Waals surface area contributed by atoms with Crippen LogP contribution in [0.4, 0.5) is 0 Å². The molecule has 0 aliphatic heterocycles. The maximum absolute atomic E-state index is 5.09. The Kier molecular flexibility index (Phi) is 3.01. The summed E-state index contributed by atoms with van der Waals surface area (Å²) < 4.78 is 0. The largest absolute Gasteiger partial charge is 0.303 e. The molecule has 3 aliphatic carbocycles. The molecule has 1 aromatic rings. The molecular formula is C17H26N2S. The molecule has 1 heterocycles. The zero-order valence-electron chi connectivity index (χ0n) is 12.8. The zero-order chi connectivity index (χ0) is 13.8. The molecule has 3 aliphatic rings. The number of aryl methyl sites for hydroxylation is 2. The third-order valence-electron chi connectivity index (χ3n) is 5.30.